The lowest BCUT2D eigenvalue weighted by Crippen LogP contribution is -2.62. The van der Waals surface area contributed by atoms with Gasteiger partial charge in [-0.25, -0.2) is 19.7 Å². The van der Waals surface area contributed by atoms with Crippen molar-refractivity contribution in [3.8, 4) is 0 Å². The molecule has 0 radical (unpaired) electrons. The van der Waals surface area contributed by atoms with Crippen LogP contribution in [0.2, 0.25) is 0 Å². The predicted octanol–water partition coefficient (Wildman–Crippen LogP) is 4.72. The molecule has 2 saturated heterocycles. The number of carbonyl (C=O) groups excluding carboxylic acids is 2. The molecule has 0 bridgehead atoms. The van der Waals surface area contributed by atoms with Crippen LogP contribution in [0.15, 0.2) is 35.6 Å². The Hall–Kier alpha value is -3.08. The molecule has 2 aromatic heterocycles. The standard InChI is InChI=1S/C30H43N7O3S/c1-20(14-33-27-34-16-22(41-5)17-35-27)13-31-25-7-6-21(15-32-25)23-12-24(23)26(38)36-10-8-30(9-11-36)18-37(19-30)28(39)40-29(2,3)4/h6-7,15-17,20,23-24H,8-14,18-19H2,1-5H3,(H,31,32)(H,33,34,35)/t20-,23?,24?/m1/s1. The summed E-state index contributed by atoms with van der Waals surface area (Å²) in [5.41, 5.74) is 0.802. The second-order valence-electron chi connectivity index (χ2n) is 12.9. The fourth-order valence-electron chi connectivity index (χ4n) is 5.67. The molecule has 2 aliphatic heterocycles. The van der Waals surface area contributed by atoms with Gasteiger partial charge in [-0.1, -0.05) is 13.0 Å². The van der Waals surface area contributed by atoms with Gasteiger partial charge in [-0.15, -0.1) is 11.8 Å². The Labute approximate surface area is 247 Å². The summed E-state index contributed by atoms with van der Waals surface area (Å²) in [7, 11) is 0. The molecule has 2 amide bonds. The van der Waals surface area contributed by atoms with E-state index in [0.29, 0.717) is 11.9 Å². The molecule has 0 aromatic carbocycles. The Morgan fingerprint density at radius 2 is 1.73 bits per heavy atom. The zero-order valence-electron chi connectivity index (χ0n) is 24.9. The zero-order chi connectivity index (χ0) is 29.2. The molecule has 1 spiro atoms. The van der Waals surface area contributed by atoms with Crippen molar-refractivity contribution in [2.75, 3.05) is 56.2 Å². The van der Waals surface area contributed by atoms with Gasteiger partial charge in [-0.2, -0.15) is 0 Å². The Bertz CT molecular complexity index is 1200. The highest BCUT2D eigenvalue weighted by Gasteiger charge is 2.51. The van der Waals surface area contributed by atoms with Crippen LogP contribution in [0.3, 0.4) is 0 Å². The Kier molecular flexibility index (Phi) is 8.63. The minimum atomic E-state index is -0.476. The molecule has 3 aliphatic rings. The van der Waals surface area contributed by atoms with E-state index in [1.54, 1.807) is 16.7 Å². The van der Waals surface area contributed by atoms with Crippen molar-refractivity contribution >= 4 is 35.5 Å². The molecule has 2 unspecified atom stereocenters. The minimum absolute atomic E-state index is 0.0580. The van der Waals surface area contributed by atoms with Crippen molar-refractivity contribution in [2.24, 2.45) is 17.3 Å². The first-order valence-electron chi connectivity index (χ1n) is 14.6. The van der Waals surface area contributed by atoms with E-state index < -0.39 is 5.60 Å². The quantitative estimate of drug-likeness (QED) is 0.406. The molecule has 5 rings (SSSR count). The number of piperidine rings is 1. The topological polar surface area (TPSA) is 113 Å². The van der Waals surface area contributed by atoms with Gasteiger partial charge >= 0.3 is 6.09 Å². The summed E-state index contributed by atoms with van der Waals surface area (Å²) in [6.45, 7) is 12.4. The number of nitrogens with one attached hydrogen (secondary N) is 2. The minimum Gasteiger partial charge on any atom is -0.444 e. The van der Waals surface area contributed by atoms with Crippen LogP contribution in [0, 0.1) is 17.3 Å². The predicted molar refractivity (Wildman–Crippen MR) is 161 cm³/mol. The lowest BCUT2D eigenvalue weighted by molar-refractivity contribution is -0.137. The van der Waals surface area contributed by atoms with E-state index in [2.05, 4.69) is 38.6 Å². The SMILES string of the molecule is CSc1cnc(NC[C@H](C)CNc2ccc(C3CC3C(=O)N3CCC4(CC3)CN(C(=O)OC(C)(C)C)C4)cn2)nc1. The van der Waals surface area contributed by atoms with E-state index in [1.807, 2.05) is 56.6 Å². The molecule has 11 heteroatoms. The molecule has 1 aliphatic carbocycles. The number of likely N-dealkylation sites (tertiary alicyclic amines) is 2. The summed E-state index contributed by atoms with van der Waals surface area (Å²) >= 11 is 1.62. The number of amides is 2. The van der Waals surface area contributed by atoms with Gasteiger partial charge in [0.05, 0.1) is 0 Å². The van der Waals surface area contributed by atoms with Gasteiger partial charge in [-0.3, -0.25) is 4.79 Å². The van der Waals surface area contributed by atoms with Gasteiger partial charge in [0.25, 0.3) is 0 Å². The summed E-state index contributed by atoms with van der Waals surface area (Å²) < 4.78 is 5.50. The van der Waals surface area contributed by atoms with Crippen LogP contribution in [-0.2, 0) is 9.53 Å². The van der Waals surface area contributed by atoms with Crippen molar-refractivity contribution in [2.45, 2.75) is 63.4 Å². The summed E-state index contributed by atoms with van der Waals surface area (Å²) in [5, 5.41) is 6.69. The maximum Gasteiger partial charge on any atom is 0.410 e. The highest BCUT2D eigenvalue weighted by atomic mass is 32.2. The van der Waals surface area contributed by atoms with Crippen molar-refractivity contribution in [3.05, 3.63) is 36.3 Å². The number of aromatic nitrogens is 3. The van der Waals surface area contributed by atoms with Gasteiger partial charge in [0.2, 0.25) is 11.9 Å². The molecule has 3 atom stereocenters. The summed E-state index contributed by atoms with van der Waals surface area (Å²) in [4.78, 5) is 43.7. The Balaban J connectivity index is 1.01. The van der Waals surface area contributed by atoms with Gasteiger partial charge in [0.15, 0.2) is 0 Å². The highest BCUT2D eigenvalue weighted by molar-refractivity contribution is 7.98. The van der Waals surface area contributed by atoms with E-state index in [9.17, 15) is 9.59 Å². The summed E-state index contributed by atoms with van der Waals surface area (Å²) in [6.07, 6.45) is 10.1. The average Bonchev–Trinajstić information content (AvgIpc) is 3.74. The molecule has 1 saturated carbocycles. The van der Waals surface area contributed by atoms with Crippen molar-refractivity contribution in [3.63, 3.8) is 0 Å². The molecular formula is C30H43N7O3S. The third kappa shape index (κ3) is 7.42. The van der Waals surface area contributed by atoms with Crippen molar-refractivity contribution < 1.29 is 14.3 Å². The van der Waals surface area contributed by atoms with Crippen molar-refractivity contribution in [1.82, 2.24) is 24.8 Å². The molecule has 3 fully saturated rings. The van der Waals surface area contributed by atoms with Crippen LogP contribution in [0.25, 0.3) is 0 Å². The number of pyridine rings is 1. The molecule has 222 valence electrons. The summed E-state index contributed by atoms with van der Waals surface area (Å²) in [5.74, 6) is 2.42. The molecule has 4 heterocycles. The largest absolute Gasteiger partial charge is 0.444 e. The maximum absolute atomic E-state index is 13.2. The molecule has 2 aromatic rings. The van der Waals surface area contributed by atoms with E-state index >= 15 is 0 Å². The second-order valence-corrected chi connectivity index (χ2v) is 13.8. The third-order valence-electron chi connectivity index (χ3n) is 8.27. The number of anilines is 2. The number of hydrogen-bond acceptors (Lipinski definition) is 9. The van der Waals surface area contributed by atoms with Gasteiger partial charge in [0, 0.05) is 74.1 Å². The average molecular weight is 582 g/mol. The number of thioether (sulfide) groups is 1. The van der Waals surface area contributed by atoms with Crippen LogP contribution in [0.5, 0.6) is 0 Å². The fourth-order valence-corrected chi connectivity index (χ4v) is 5.98. The second kappa shape index (κ2) is 12.0. The molecule has 41 heavy (non-hydrogen) atoms. The number of hydrogen-bond donors (Lipinski definition) is 2. The van der Waals surface area contributed by atoms with Crippen LogP contribution < -0.4 is 10.6 Å². The summed E-state index contributed by atoms with van der Waals surface area (Å²) in [6, 6.07) is 4.11. The van der Waals surface area contributed by atoms with Gasteiger partial charge in [0.1, 0.15) is 11.4 Å². The van der Waals surface area contributed by atoms with E-state index in [0.717, 1.165) is 74.8 Å². The van der Waals surface area contributed by atoms with Crippen molar-refractivity contribution in [1.29, 1.82) is 0 Å². The molecular weight excluding hydrogens is 538 g/mol. The van der Waals surface area contributed by atoms with Crippen LogP contribution in [0.4, 0.5) is 16.6 Å². The maximum atomic E-state index is 13.2. The van der Waals surface area contributed by atoms with E-state index in [-0.39, 0.29) is 29.3 Å². The third-order valence-corrected chi connectivity index (χ3v) is 8.95. The first kappa shape index (κ1) is 29.4. The highest BCUT2D eigenvalue weighted by Crippen LogP contribution is 2.49. The number of carbonyl (C=O) groups is 2. The van der Waals surface area contributed by atoms with Gasteiger partial charge in [-0.05, 0) is 69.8 Å². The van der Waals surface area contributed by atoms with Gasteiger partial charge < -0.3 is 25.2 Å². The first-order valence-corrected chi connectivity index (χ1v) is 15.8. The number of rotatable bonds is 9. The smallest absolute Gasteiger partial charge is 0.410 e. The van der Waals surface area contributed by atoms with Crippen LogP contribution in [0.1, 0.15) is 58.4 Å². The monoisotopic (exact) mass is 581 g/mol. The number of nitrogens with zero attached hydrogens (tertiary/aromatic N) is 5. The van der Waals surface area contributed by atoms with Crippen LogP contribution >= 0.6 is 11.8 Å². The molecule has 2 N–H and O–H groups in total. The number of ether oxygens (including phenoxy) is 1. The Morgan fingerprint density at radius 1 is 1.05 bits per heavy atom. The first-order chi connectivity index (χ1) is 19.5. The fraction of sp³-hybridized carbons (Fsp3) is 0.633. The Morgan fingerprint density at radius 3 is 2.34 bits per heavy atom. The van der Waals surface area contributed by atoms with E-state index in [1.165, 1.54) is 0 Å². The normalized spacial score (nSPS) is 22.1. The lowest BCUT2D eigenvalue weighted by atomic mass is 9.72. The molecule has 10 nitrogen and oxygen atoms in total. The lowest BCUT2D eigenvalue weighted by Gasteiger charge is -2.53. The zero-order valence-corrected chi connectivity index (χ0v) is 25.7. The van der Waals surface area contributed by atoms with E-state index in [4.69, 9.17) is 4.74 Å². The van der Waals surface area contributed by atoms with Crippen LogP contribution in [-0.4, -0.2) is 87.9 Å².